The van der Waals surface area contributed by atoms with Crippen LogP contribution in [0.1, 0.15) is 56.1 Å². The highest BCUT2D eigenvalue weighted by Crippen LogP contribution is 2.43. The highest BCUT2D eigenvalue weighted by Gasteiger charge is 2.39. The van der Waals surface area contributed by atoms with Gasteiger partial charge in [0.1, 0.15) is 0 Å². The van der Waals surface area contributed by atoms with Crippen molar-refractivity contribution >= 4 is 5.69 Å². The third-order valence-electron chi connectivity index (χ3n) is 5.78. The van der Waals surface area contributed by atoms with Crippen LogP contribution in [0.15, 0.2) is 18.2 Å². The van der Waals surface area contributed by atoms with Crippen molar-refractivity contribution in [2.24, 2.45) is 5.92 Å². The van der Waals surface area contributed by atoms with E-state index in [4.69, 9.17) is 4.74 Å². The van der Waals surface area contributed by atoms with Crippen LogP contribution in [0, 0.1) is 5.92 Å². The van der Waals surface area contributed by atoms with E-state index in [0.29, 0.717) is 0 Å². The van der Waals surface area contributed by atoms with Crippen molar-refractivity contribution in [3.05, 3.63) is 29.3 Å². The molecule has 0 amide bonds. The molecule has 0 aromatic heterocycles. The van der Waals surface area contributed by atoms with Crippen molar-refractivity contribution in [2.45, 2.75) is 63.4 Å². The van der Waals surface area contributed by atoms with Gasteiger partial charge in [0.15, 0.2) is 0 Å². The van der Waals surface area contributed by atoms with Gasteiger partial charge in [-0.3, -0.25) is 0 Å². The fourth-order valence-corrected chi connectivity index (χ4v) is 4.73. The van der Waals surface area contributed by atoms with Crippen molar-refractivity contribution in [1.29, 1.82) is 0 Å². The lowest BCUT2D eigenvalue weighted by molar-refractivity contribution is -0.0923. The molecule has 2 fully saturated rings. The van der Waals surface area contributed by atoms with Gasteiger partial charge >= 0.3 is 0 Å². The van der Waals surface area contributed by atoms with Crippen LogP contribution in [0.25, 0.3) is 0 Å². The van der Waals surface area contributed by atoms with E-state index in [-0.39, 0.29) is 5.60 Å². The van der Waals surface area contributed by atoms with Crippen LogP contribution in [0.5, 0.6) is 0 Å². The second-order valence-electron chi connectivity index (χ2n) is 7.28. The third-order valence-corrected chi connectivity index (χ3v) is 5.78. The Morgan fingerprint density at radius 2 is 2.10 bits per heavy atom. The summed E-state index contributed by atoms with van der Waals surface area (Å²) in [7, 11) is 0. The lowest BCUT2D eigenvalue weighted by Crippen LogP contribution is -2.37. The van der Waals surface area contributed by atoms with E-state index in [2.05, 4.69) is 23.5 Å². The molecule has 1 aromatic rings. The Labute approximate surface area is 128 Å². The van der Waals surface area contributed by atoms with Crippen molar-refractivity contribution in [3.63, 3.8) is 0 Å². The summed E-state index contributed by atoms with van der Waals surface area (Å²) in [6.45, 7) is 2.12. The molecule has 1 unspecified atom stereocenters. The number of benzene rings is 1. The maximum absolute atomic E-state index is 6.19. The summed E-state index contributed by atoms with van der Waals surface area (Å²) in [5.41, 5.74) is 4.79. The fraction of sp³-hybridized carbons (Fsp3) is 0.684. The molecule has 2 aliphatic heterocycles. The van der Waals surface area contributed by atoms with Gasteiger partial charge in [-0.15, -0.1) is 0 Å². The third kappa shape index (κ3) is 2.70. The van der Waals surface area contributed by atoms with Crippen LogP contribution in [0.3, 0.4) is 0 Å². The van der Waals surface area contributed by atoms with Crippen molar-refractivity contribution in [3.8, 4) is 0 Å². The predicted molar refractivity (Wildman–Crippen MR) is 86.8 cm³/mol. The zero-order chi connectivity index (χ0) is 14.1. The van der Waals surface area contributed by atoms with Gasteiger partial charge in [0.25, 0.3) is 0 Å². The summed E-state index contributed by atoms with van der Waals surface area (Å²) in [6.07, 6.45) is 11.6. The second kappa shape index (κ2) is 5.64. The van der Waals surface area contributed by atoms with Gasteiger partial charge in [-0.25, -0.2) is 0 Å². The van der Waals surface area contributed by atoms with Crippen LogP contribution >= 0.6 is 0 Å². The molecule has 1 spiro atoms. The zero-order valence-corrected chi connectivity index (χ0v) is 13.0. The molecule has 1 aliphatic carbocycles. The summed E-state index contributed by atoms with van der Waals surface area (Å²) >= 11 is 0. The smallest absolute Gasteiger partial charge is 0.0685 e. The molecule has 2 heterocycles. The average molecular weight is 285 g/mol. The minimum absolute atomic E-state index is 0.255. The summed E-state index contributed by atoms with van der Waals surface area (Å²) in [4.78, 5) is 0. The van der Waals surface area contributed by atoms with Gasteiger partial charge < -0.3 is 10.1 Å². The van der Waals surface area contributed by atoms with Crippen molar-refractivity contribution < 1.29 is 4.74 Å². The Balaban J connectivity index is 1.51. The molecule has 1 atom stereocenters. The highest BCUT2D eigenvalue weighted by atomic mass is 16.5. The molecule has 1 saturated carbocycles. The van der Waals surface area contributed by atoms with Gasteiger partial charge in [-0.05, 0) is 62.0 Å². The van der Waals surface area contributed by atoms with Crippen LogP contribution in [0.2, 0.25) is 0 Å². The van der Waals surface area contributed by atoms with Crippen LogP contribution < -0.4 is 5.32 Å². The minimum atomic E-state index is 0.255. The minimum Gasteiger partial charge on any atom is -0.385 e. The number of aryl methyl sites for hydroxylation is 1. The number of hydrogen-bond acceptors (Lipinski definition) is 2. The summed E-state index contributed by atoms with van der Waals surface area (Å²) in [5, 5.41) is 3.65. The Morgan fingerprint density at radius 3 is 3.00 bits per heavy atom. The summed E-state index contributed by atoms with van der Waals surface area (Å²) < 4.78 is 6.19. The van der Waals surface area contributed by atoms with Gasteiger partial charge in [-0.2, -0.15) is 0 Å². The first kappa shape index (κ1) is 13.6. The lowest BCUT2D eigenvalue weighted by Gasteiger charge is -2.38. The highest BCUT2D eigenvalue weighted by molar-refractivity contribution is 5.59. The molecule has 0 bridgehead atoms. The molecule has 21 heavy (non-hydrogen) atoms. The number of rotatable bonds is 2. The molecule has 114 valence electrons. The van der Waals surface area contributed by atoms with E-state index in [1.165, 1.54) is 69.0 Å². The van der Waals surface area contributed by atoms with Gasteiger partial charge in [0.2, 0.25) is 0 Å². The van der Waals surface area contributed by atoms with E-state index in [1.54, 1.807) is 5.56 Å². The molecule has 1 saturated heterocycles. The van der Waals surface area contributed by atoms with Crippen molar-refractivity contribution in [1.82, 2.24) is 0 Å². The first-order chi connectivity index (χ1) is 10.3. The molecule has 1 N–H and O–H groups in total. The van der Waals surface area contributed by atoms with Gasteiger partial charge in [0.05, 0.1) is 5.60 Å². The van der Waals surface area contributed by atoms with E-state index >= 15 is 0 Å². The molecule has 2 heteroatoms. The first-order valence-electron chi connectivity index (χ1n) is 8.83. The Kier molecular flexibility index (Phi) is 3.66. The molecule has 3 aliphatic rings. The van der Waals surface area contributed by atoms with Gasteiger partial charge in [0, 0.05) is 18.8 Å². The lowest BCUT2D eigenvalue weighted by atomic mass is 9.80. The average Bonchev–Trinajstić information content (AvgIpc) is 2.95. The molecule has 4 rings (SSSR count). The van der Waals surface area contributed by atoms with E-state index in [9.17, 15) is 0 Å². The Hall–Kier alpha value is -1.02. The quantitative estimate of drug-likeness (QED) is 0.873. The van der Waals surface area contributed by atoms with Crippen LogP contribution in [-0.2, 0) is 17.6 Å². The zero-order valence-electron chi connectivity index (χ0n) is 13.0. The summed E-state index contributed by atoms with van der Waals surface area (Å²) in [5.74, 6) is 0.812. The van der Waals surface area contributed by atoms with Gasteiger partial charge in [-0.1, -0.05) is 31.0 Å². The van der Waals surface area contributed by atoms with Crippen LogP contribution in [0.4, 0.5) is 5.69 Å². The Bertz CT molecular complexity index is 504. The summed E-state index contributed by atoms with van der Waals surface area (Å²) in [6, 6.07) is 6.90. The first-order valence-corrected chi connectivity index (χ1v) is 8.83. The standard InChI is InChI=1S/C19H27NO/c1-2-10-19(9-1)14-15(8-12-21-19)13-17-6-3-5-16-7-4-11-20-18(16)17/h3,5-6,15,20H,1-2,4,7-14H2. The van der Waals surface area contributed by atoms with E-state index in [0.717, 1.165) is 19.1 Å². The number of para-hydroxylation sites is 1. The largest absolute Gasteiger partial charge is 0.385 e. The molecule has 0 radical (unpaired) electrons. The number of ether oxygens (including phenoxy) is 1. The normalized spacial score (nSPS) is 27.3. The monoisotopic (exact) mass is 285 g/mol. The predicted octanol–water partition coefficient (Wildman–Crippen LogP) is 4.33. The molecular formula is C19H27NO. The SMILES string of the molecule is c1cc2c(c(CC3CCOC4(CCCC4)C3)c1)NCCC2. The molecular weight excluding hydrogens is 258 g/mol. The topological polar surface area (TPSA) is 21.3 Å². The maximum Gasteiger partial charge on any atom is 0.0685 e. The fourth-order valence-electron chi connectivity index (χ4n) is 4.73. The number of hydrogen-bond donors (Lipinski definition) is 1. The maximum atomic E-state index is 6.19. The molecule has 1 aromatic carbocycles. The molecule has 2 nitrogen and oxygen atoms in total. The van der Waals surface area contributed by atoms with E-state index < -0.39 is 0 Å². The van der Waals surface area contributed by atoms with Crippen molar-refractivity contribution in [2.75, 3.05) is 18.5 Å². The van der Waals surface area contributed by atoms with E-state index in [1.807, 2.05) is 0 Å². The number of nitrogens with one attached hydrogen (secondary N) is 1. The number of fused-ring (bicyclic) bond motifs is 1. The Morgan fingerprint density at radius 1 is 1.19 bits per heavy atom. The van der Waals surface area contributed by atoms with Crippen LogP contribution in [-0.4, -0.2) is 18.8 Å². The second-order valence-corrected chi connectivity index (χ2v) is 7.28. The number of anilines is 1.